The van der Waals surface area contributed by atoms with E-state index in [2.05, 4.69) is 10.3 Å². The van der Waals surface area contributed by atoms with Gasteiger partial charge in [-0.1, -0.05) is 18.2 Å². The monoisotopic (exact) mass is 327 g/mol. The minimum Gasteiger partial charge on any atom is -0.487 e. The van der Waals surface area contributed by atoms with Crippen molar-refractivity contribution in [2.75, 3.05) is 13.2 Å². The van der Waals surface area contributed by atoms with E-state index in [1.807, 2.05) is 24.3 Å². The third-order valence-corrected chi connectivity index (χ3v) is 4.82. The van der Waals surface area contributed by atoms with Crippen LogP contribution in [0.4, 0.5) is 0 Å². The molecule has 1 amide bonds. The average Bonchev–Trinajstić information content (AvgIpc) is 3.08. The van der Waals surface area contributed by atoms with Crippen molar-refractivity contribution in [3.05, 3.63) is 48.5 Å². The second kappa shape index (κ2) is 6.28. The second-order valence-electron chi connectivity index (χ2n) is 6.49. The van der Waals surface area contributed by atoms with E-state index >= 15 is 0 Å². The molecule has 2 aromatic rings. The van der Waals surface area contributed by atoms with E-state index in [4.69, 9.17) is 9.47 Å². The second-order valence-corrected chi connectivity index (χ2v) is 6.49. The number of imidazole rings is 1. The molecule has 1 saturated heterocycles. The Labute approximate surface area is 140 Å². The Morgan fingerprint density at radius 1 is 1.33 bits per heavy atom. The molecule has 1 atom stereocenters. The number of nitrogens with zero attached hydrogens (tertiary/aromatic N) is 2. The molecule has 2 aliphatic rings. The van der Waals surface area contributed by atoms with Crippen LogP contribution in [0.2, 0.25) is 0 Å². The number of rotatable bonds is 3. The fraction of sp³-hybridized carbons (Fsp3) is 0.444. The first-order chi connectivity index (χ1) is 11.7. The van der Waals surface area contributed by atoms with Crippen molar-refractivity contribution in [3.8, 4) is 5.75 Å². The normalized spacial score (nSPS) is 21.8. The average molecular weight is 327 g/mol. The number of ether oxygens (including phenoxy) is 2. The molecule has 24 heavy (non-hydrogen) atoms. The summed E-state index contributed by atoms with van der Waals surface area (Å²) in [6.07, 6.45) is 7.61. The maximum atomic E-state index is 12.4. The highest BCUT2D eigenvalue weighted by Crippen LogP contribution is 2.43. The summed E-state index contributed by atoms with van der Waals surface area (Å²) in [6.45, 7) is 1.69. The Kier molecular flexibility index (Phi) is 3.98. The molecule has 1 aromatic carbocycles. The van der Waals surface area contributed by atoms with Gasteiger partial charge in [-0.05, 0) is 6.07 Å². The third kappa shape index (κ3) is 3.01. The molecule has 0 bridgehead atoms. The molecule has 1 fully saturated rings. The summed E-state index contributed by atoms with van der Waals surface area (Å²) in [6, 6.07) is 7.94. The molecule has 0 aliphatic carbocycles. The number of carbonyl (C=O) groups excluding carboxylic acids is 1. The van der Waals surface area contributed by atoms with Crippen LogP contribution in [0.5, 0.6) is 5.75 Å². The van der Waals surface area contributed by atoms with Gasteiger partial charge < -0.3 is 19.4 Å². The minimum absolute atomic E-state index is 0.0167. The molecule has 3 heterocycles. The molecular formula is C18H21N3O3. The van der Waals surface area contributed by atoms with Gasteiger partial charge in [0.05, 0.1) is 25.6 Å². The van der Waals surface area contributed by atoms with Crippen molar-refractivity contribution < 1.29 is 14.3 Å². The number of benzene rings is 1. The molecule has 0 unspecified atom stereocenters. The van der Waals surface area contributed by atoms with Crippen LogP contribution in [0.3, 0.4) is 0 Å². The van der Waals surface area contributed by atoms with Gasteiger partial charge in [0.15, 0.2) is 0 Å². The quantitative estimate of drug-likeness (QED) is 0.937. The van der Waals surface area contributed by atoms with Crippen LogP contribution in [0.25, 0.3) is 0 Å². The summed E-state index contributed by atoms with van der Waals surface area (Å²) in [5.74, 6) is 0.857. The van der Waals surface area contributed by atoms with Gasteiger partial charge in [0.1, 0.15) is 17.9 Å². The highest BCUT2D eigenvalue weighted by molar-refractivity contribution is 5.76. The molecule has 1 N–H and O–H groups in total. The number of hydrogen-bond acceptors (Lipinski definition) is 4. The number of aromatic nitrogens is 2. The molecular weight excluding hydrogens is 306 g/mol. The van der Waals surface area contributed by atoms with Crippen molar-refractivity contribution >= 4 is 5.91 Å². The van der Waals surface area contributed by atoms with Crippen LogP contribution in [-0.2, 0) is 16.1 Å². The first kappa shape index (κ1) is 15.2. The van der Waals surface area contributed by atoms with Crippen molar-refractivity contribution in [2.45, 2.75) is 37.5 Å². The van der Waals surface area contributed by atoms with Crippen LogP contribution in [0.1, 0.15) is 30.9 Å². The number of nitrogens with one attached hydrogen (secondary N) is 1. The number of amides is 1. The lowest BCUT2D eigenvalue weighted by atomic mass is 9.82. The summed E-state index contributed by atoms with van der Waals surface area (Å²) in [4.78, 5) is 16.4. The maximum absolute atomic E-state index is 12.4. The third-order valence-electron chi connectivity index (χ3n) is 4.82. The Balaban J connectivity index is 1.55. The van der Waals surface area contributed by atoms with E-state index < -0.39 is 0 Å². The van der Waals surface area contributed by atoms with Gasteiger partial charge in [0, 0.05) is 37.2 Å². The van der Waals surface area contributed by atoms with Crippen LogP contribution < -0.4 is 10.1 Å². The van der Waals surface area contributed by atoms with E-state index in [0.717, 1.165) is 30.6 Å². The predicted molar refractivity (Wildman–Crippen MR) is 87.6 cm³/mol. The predicted octanol–water partition coefficient (Wildman–Crippen LogP) is 2.07. The molecule has 1 spiro atoms. The van der Waals surface area contributed by atoms with Gasteiger partial charge >= 0.3 is 0 Å². The molecule has 0 radical (unpaired) electrons. The van der Waals surface area contributed by atoms with Gasteiger partial charge in [0.2, 0.25) is 5.91 Å². The summed E-state index contributed by atoms with van der Waals surface area (Å²) < 4.78 is 13.6. The van der Waals surface area contributed by atoms with E-state index in [1.54, 1.807) is 23.3 Å². The Morgan fingerprint density at radius 3 is 2.96 bits per heavy atom. The molecule has 4 rings (SSSR count). The van der Waals surface area contributed by atoms with Crippen molar-refractivity contribution in [1.82, 2.24) is 14.9 Å². The maximum Gasteiger partial charge on any atom is 0.240 e. The van der Waals surface area contributed by atoms with Crippen LogP contribution >= 0.6 is 0 Å². The molecule has 6 nitrogen and oxygen atoms in total. The van der Waals surface area contributed by atoms with Crippen LogP contribution in [-0.4, -0.2) is 34.3 Å². The largest absolute Gasteiger partial charge is 0.487 e. The molecule has 2 aliphatic heterocycles. The fourth-order valence-electron chi connectivity index (χ4n) is 3.58. The van der Waals surface area contributed by atoms with E-state index in [9.17, 15) is 4.79 Å². The number of hydrogen-bond donors (Lipinski definition) is 1. The van der Waals surface area contributed by atoms with Gasteiger partial charge in [-0.15, -0.1) is 0 Å². The Bertz CT molecular complexity index is 708. The molecule has 0 saturated carbocycles. The number of carbonyl (C=O) groups is 1. The first-order valence-electron chi connectivity index (χ1n) is 8.35. The van der Waals surface area contributed by atoms with Crippen LogP contribution in [0, 0.1) is 0 Å². The summed E-state index contributed by atoms with van der Waals surface area (Å²) >= 11 is 0. The van der Waals surface area contributed by atoms with Crippen LogP contribution in [0.15, 0.2) is 43.0 Å². The SMILES string of the molecule is O=C(Cn1ccnc1)N[C@H]1CC2(CCOCC2)Oc2ccccc21. The zero-order chi connectivity index (χ0) is 16.4. The van der Waals surface area contributed by atoms with E-state index in [0.29, 0.717) is 13.2 Å². The Morgan fingerprint density at radius 2 is 2.17 bits per heavy atom. The standard InChI is InChI=1S/C18H21N3O3/c22-17(12-21-8-7-19-13-21)20-15-11-18(5-9-23-10-6-18)24-16-4-2-1-3-14(15)16/h1-4,7-8,13,15H,5-6,9-12H2,(H,20,22)/t15-/m0/s1. The molecule has 126 valence electrons. The topological polar surface area (TPSA) is 65.4 Å². The smallest absolute Gasteiger partial charge is 0.240 e. The fourth-order valence-corrected chi connectivity index (χ4v) is 3.58. The van der Waals surface area contributed by atoms with Crippen molar-refractivity contribution in [1.29, 1.82) is 0 Å². The lowest BCUT2D eigenvalue weighted by Gasteiger charge is -2.44. The minimum atomic E-state index is -0.237. The van der Waals surface area contributed by atoms with Crippen molar-refractivity contribution in [2.24, 2.45) is 0 Å². The summed E-state index contributed by atoms with van der Waals surface area (Å²) in [7, 11) is 0. The van der Waals surface area contributed by atoms with E-state index in [1.165, 1.54) is 0 Å². The summed E-state index contributed by atoms with van der Waals surface area (Å²) in [5, 5.41) is 3.18. The van der Waals surface area contributed by atoms with Gasteiger partial charge in [0.25, 0.3) is 0 Å². The Hall–Kier alpha value is -2.34. The van der Waals surface area contributed by atoms with Gasteiger partial charge in [-0.2, -0.15) is 0 Å². The molecule has 1 aromatic heterocycles. The number of fused-ring (bicyclic) bond motifs is 1. The highest BCUT2D eigenvalue weighted by Gasteiger charge is 2.42. The highest BCUT2D eigenvalue weighted by atomic mass is 16.5. The zero-order valence-electron chi connectivity index (χ0n) is 13.5. The summed E-state index contributed by atoms with van der Waals surface area (Å²) in [5.41, 5.74) is 0.813. The van der Waals surface area contributed by atoms with Gasteiger partial charge in [-0.3, -0.25) is 4.79 Å². The lowest BCUT2D eigenvalue weighted by Crippen LogP contribution is -2.48. The van der Waals surface area contributed by atoms with E-state index in [-0.39, 0.29) is 24.1 Å². The lowest BCUT2D eigenvalue weighted by molar-refractivity contribution is -0.123. The van der Waals surface area contributed by atoms with Crippen molar-refractivity contribution in [3.63, 3.8) is 0 Å². The number of para-hydroxylation sites is 1. The first-order valence-corrected chi connectivity index (χ1v) is 8.35. The molecule has 6 heteroatoms. The van der Waals surface area contributed by atoms with Gasteiger partial charge in [-0.25, -0.2) is 4.98 Å². The zero-order valence-corrected chi connectivity index (χ0v) is 13.5.